The molecule has 0 spiro atoms. The molecule has 0 saturated heterocycles. The molecule has 0 aliphatic heterocycles. The summed E-state index contributed by atoms with van der Waals surface area (Å²) in [6.07, 6.45) is 7.29. The molecular weight excluding hydrogens is 268 g/mol. The molecule has 1 saturated carbocycles. The SMILES string of the molecule is CCc1nnc(OC2CCCCC2)c(C(N)=NO)c1CC. The zero-order valence-corrected chi connectivity index (χ0v) is 12.8. The van der Waals surface area contributed by atoms with Crippen molar-refractivity contribution in [3.63, 3.8) is 0 Å². The molecule has 0 amide bonds. The molecule has 0 aromatic carbocycles. The average molecular weight is 292 g/mol. The van der Waals surface area contributed by atoms with Crippen molar-refractivity contribution in [2.75, 3.05) is 0 Å². The second kappa shape index (κ2) is 7.24. The van der Waals surface area contributed by atoms with E-state index in [1.54, 1.807) is 0 Å². The van der Waals surface area contributed by atoms with E-state index in [2.05, 4.69) is 15.4 Å². The van der Waals surface area contributed by atoms with Gasteiger partial charge in [-0.15, -0.1) is 5.10 Å². The lowest BCUT2D eigenvalue weighted by Crippen LogP contribution is -2.25. The Hall–Kier alpha value is -1.85. The molecular formula is C15H24N4O2. The summed E-state index contributed by atoms with van der Waals surface area (Å²) >= 11 is 0. The van der Waals surface area contributed by atoms with Gasteiger partial charge in [-0.3, -0.25) is 0 Å². The number of ether oxygens (including phenoxy) is 1. The Bertz CT molecular complexity index is 511. The molecule has 21 heavy (non-hydrogen) atoms. The lowest BCUT2D eigenvalue weighted by molar-refractivity contribution is 0.146. The summed E-state index contributed by atoms with van der Waals surface area (Å²) in [6, 6.07) is 0. The maximum Gasteiger partial charge on any atom is 0.245 e. The smallest absolute Gasteiger partial charge is 0.245 e. The Morgan fingerprint density at radius 2 is 1.95 bits per heavy atom. The molecule has 1 heterocycles. The van der Waals surface area contributed by atoms with Crippen LogP contribution in [-0.4, -0.2) is 27.3 Å². The van der Waals surface area contributed by atoms with Gasteiger partial charge < -0.3 is 15.7 Å². The van der Waals surface area contributed by atoms with Crippen molar-refractivity contribution in [2.24, 2.45) is 10.9 Å². The molecule has 3 N–H and O–H groups in total. The number of oxime groups is 1. The van der Waals surface area contributed by atoms with Crippen LogP contribution in [0.15, 0.2) is 5.16 Å². The Balaban J connectivity index is 2.39. The third-order valence-corrected chi connectivity index (χ3v) is 4.01. The van der Waals surface area contributed by atoms with Gasteiger partial charge in [0.05, 0.1) is 11.3 Å². The zero-order chi connectivity index (χ0) is 15.2. The van der Waals surface area contributed by atoms with Gasteiger partial charge in [-0.2, -0.15) is 5.10 Å². The lowest BCUT2D eigenvalue weighted by Gasteiger charge is -2.24. The first kappa shape index (κ1) is 15.5. The van der Waals surface area contributed by atoms with Gasteiger partial charge in [0.15, 0.2) is 5.84 Å². The van der Waals surface area contributed by atoms with Crippen LogP contribution in [0.25, 0.3) is 0 Å². The summed E-state index contributed by atoms with van der Waals surface area (Å²) in [5.41, 5.74) is 8.27. The van der Waals surface area contributed by atoms with Gasteiger partial charge in [0.1, 0.15) is 6.10 Å². The summed E-state index contributed by atoms with van der Waals surface area (Å²) < 4.78 is 6.01. The summed E-state index contributed by atoms with van der Waals surface area (Å²) in [7, 11) is 0. The van der Waals surface area contributed by atoms with E-state index < -0.39 is 0 Å². The fourth-order valence-electron chi connectivity index (χ4n) is 2.89. The number of aromatic nitrogens is 2. The van der Waals surface area contributed by atoms with Crippen LogP contribution in [0.2, 0.25) is 0 Å². The van der Waals surface area contributed by atoms with Crippen LogP contribution in [0.5, 0.6) is 5.88 Å². The third-order valence-electron chi connectivity index (χ3n) is 4.01. The third kappa shape index (κ3) is 3.43. The minimum atomic E-state index is 0.0438. The van der Waals surface area contributed by atoms with Crippen LogP contribution in [-0.2, 0) is 12.8 Å². The molecule has 1 aliphatic rings. The molecule has 1 aromatic rings. The van der Waals surface area contributed by atoms with E-state index in [1.807, 2.05) is 13.8 Å². The highest BCUT2D eigenvalue weighted by molar-refractivity contribution is 6.00. The fourth-order valence-corrected chi connectivity index (χ4v) is 2.89. The molecule has 2 rings (SSSR count). The molecule has 0 radical (unpaired) electrons. The maximum atomic E-state index is 9.06. The molecule has 0 unspecified atom stereocenters. The zero-order valence-electron chi connectivity index (χ0n) is 12.8. The van der Waals surface area contributed by atoms with Crippen LogP contribution in [0.1, 0.15) is 62.8 Å². The van der Waals surface area contributed by atoms with Crippen molar-refractivity contribution in [3.8, 4) is 5.88 Å². The second-order valence-electron chi connectivity index (χ2n) is 5.38. The van der Waals surface area contributed by atoms with Crippen molar-refractivity contribution >= 4 is 5.84 Å². The van der Waals surface area contributed by atoms with Gasteiger partial charge in [-0.05, 0) is 44.1 Å². The molecule has 0 atom stereocenters. The van der Waals surface area contributed by atoms with Crippen LogP contribution in [0.4, 0.5) is 0 Å². The largest absolute Gasteiger partial charge is 0.473 e. The first-order valence-corrected chi connectivity index (χ1v) is 7.74. The van der Waals surface area contributed by atoms with Gasteiger partial charge in [-0.25, -0.2) is 0 Å². The van der Waals surface area contributed by atoms with E-state index in [-0.39, 0.29) is 11.9 Å². The standard InChI is InChI=1S/C15H24N4O2/c1-3-11-12(4-2)17-18-15(13(11)14(16)19-20)21-10-8-6-5-7-9-10/h10,20H,3-9H2,1-2H3,(H2,16,19). The molecule has 6 heteroatoms. The van der Waals surface area contributed by atoms with E-state index in [0.717, 1.165) is 36.9 Å². The highest BCUT2D eigenvalue weighted by Gasteiger charge is 2.23. The molecule has 1 fully saturated rings. The minimum absolute atomic E-state index is 0.0438. The Morgan fingerprint density at radius 3 is 2.52 bits per heavy atom. The number of hydrogen-bond acceptors (Lipinski definition) is 5. The number of amidine groups is 1. The second-order valence-corrected chi connectivity index (χ2v) is 5.38. The summed E-state index contributed by atoms with van der Waals surface area (Å²) in [5, 5.41) is 20.6. The number of nitrogens with two attached hydrogens (primary N) is 1. The van der Waals surface area contributed by atoms with Crippen LogP contribution in [0, 0.1) is 0 Å². The van der Waals surface area contributed by atoms with E-state index >= 15 is 0 Å². The van der Waals surface area contributed by atoms with E-state index in [9.17, 15) is 0 Å². The highest BCUT2D eigenvalue weighted by atomic mass is 16.5. The average Bonchev–Trinajstić information content (AvgIpc) is 2.54. The summed E-state index contributed by atoms with van der Waals surface area (Å²) in [4.78, 5) is 0. The lowest BCUT2D eigenvalue weighted by atomic mass is 9.97. The number of aryl methyl sites for hydroxylation is 1. The van der Waals surface area contributed by atoms with Crippen LogP contribution >= 0.6 is 0 Å². The Morgan fingerprint density at radius 1 is 1.24 bits per heavy atom. The van der Waals surface area contributed by atoms with Crippen molar-refractivity contribution in [1.82, 2.24) is 10.2 Å². The first-order chi connectivity index (χ1) is 10.2. The fraction of sp³-hybridized carbons (Fsp3) is 0.667. The molecule has 6 nitrogen and oxygen atoms in total. The predicted molar refractivity (Wildman–Crippen MR) is 80.8 cm³/mol. The van der Waals surface area contributed by atoms with Gasteiger partial charge in [-0.1, -0.05) is 25.4 Å². The molecule has 1 aliphatic carbocycles. The first-order valence-electron chi connectivity index (χ1n) is 7.74. The quantitative estimate of drug-likeness (QED) is 0.376. The highest BCUT2D eigenvalue weighted by Crippen LogP contribution is 2.27. The predicted octanol–water partition coefficient (Wildman–Crippen LogP) is 2.41. The molecule has 0 bridgehead atoms. The van der Waals surface area contributed by atoms with Crippen molar-refractivity contribution in [2.45, 2.75) is 64.9 Å². The maximum absolute atomic E-state index is 9.06. The Kier molecular flexibility index (Phi) is 5.36. The summed E-state index contributed by atoms with van der Waals surface area (Å²) in [6.45, 7) is 4.04. The monoisotopic (exact) mass is 292 g/mol. The summed E-state index contributed by atoms with van der Waals surface area (Å²) in [5.74, 6) is 0.438. The van der Waals surface area contributed by atoms with Crippen LogP contribution < -0.4 is 10.5 Å². The van der Waals surface area contributed by atoms with Crippen LogP contribution in [0.3, 0.4) is 0 Å². The Labute approximate surface area is 125 Å². The number of nitrogens with zero attached hydrogens (tertiary/aromatic N) is 3. The van der Waals surface area contributed by atoms with Gasteiger partial charge in [0, 0.05) is 0 Å². The minimum Gasteiger partial charge on any atom is -0.473 e. The number of rotatable bonds is 5. The van der Waals surface area contributed by atoms with E-state index in [1.165, 1.54) is 19.3 Å². The van der Waals surface area contributed by atoms with Crippen molar-refractivity contribution in [3.05, 3.63) is 16.8 Å². The normalized spacial score (nSPS) is 17.0. The van der Waals surface area contributed by atoms with Crippen molar-refractivity contribution in [1.29, 1.82) is 0 Å². The van der Waals surface area contributed by atoms with Gasteiger partial charge in [0.2, 0.25) is 5.88 Å². The van der Waals surface area contributed by atoms with Gasteiger partial charge >= 0.3 is 0 Å². The number of hydrogen-bond donors (Lipinski definition) is 2. The van der Waals surface area contributed by atoms with E-state index in [0.29, 0.717) is 11.4 Å². The van der Waals surface area contributed by atoms with Crippen molar-refractivity contribution < 1.29 is 9.94 Å². The molecule has 116 valence electrons. The van der Waals surface area contributed by atoms with E-state index in [4.69, 9.17) is 15.7 Å². The molecule has 1 aromatic heterocycles. The van der Waals surface area contributed by atoms with Gasteiger partial charge in [0.25, 0.3) is 0 Å². The topological polar surface area (TPSA) is 93.6 Å².